The minimum Gasteiger partial charge on any atom is -0.469 e. The summed E-state index contributed by atoms with van der Waals surface area (Å²) >= 11 is 3.35. The highest BCUT2D eigenvalue weighted by Gasteiger charge is 2.26. The van der Waals surface area contributed by atoms with Crippen molar-refractivity contribution in [2.24, 2.45) is 5.92 Å². The number of hydrogen-bond acceptors (Lipinski definition) is 5. The third-order valence-electron chi connectivity index (χ3n) is 4.08. The number of nitrogens with zero attached hydrogens (tertiary/aromatic N) is 1. The second-order valence-electron chi connectivity index (χ2n) is 5.88. The van der Waals surface area contributed by atoms with Crippen LogP contribution in [-0.2, 0) is 19.1 Å². The maximum atomic E-state index is 12.0. The predicted octanol–water partition coefficient (Wildman–Crippen LogP) is 1.39. The lowest BCUT2D eigenvalue weighted by atomic mass is 9.97. The summed E-state index contributed by atoms with van der Waals surface area (Å²) in [5, 5.41) is 5.34. The average molecular weight is 412 g/mol. The van der Waals surface area contributed by atoms with Gasteiger partial charge in [0.1, 0.15) is 0 Å². The van der Waals surface area contributed by atoms with Gasteiger partial charge in [-0.15, -0.1) is 0 Å². The molecule has 1 aliphatic heterocycles. The Hall–Kier alpha value is -1.93. The third kappa shape index (κ3) is 6.13. The Labute approximate surface area is 155 Å². The molecule has 0 aliphatic carbocycles. The number of amides is 2. The number of esters is 1. The molecular weight excluding hydrogens is 390 g/mol. The van der Waals surface area contributed by atoms with Crippen molar-refractivity contribution in [1.82, 2.24) is 10.2 Å². The number of methoxy groups -OCH3 is 1. The average Bonchev–Trinajstić information content (AvgIpc) is 2.62. The summed E-state index contributed by atoms with van der Waals surface area (Å²) in [5.41, 5.74) is 0.659. The number of hydrogen-bond donors (Lipinski definition) is 2. The van der Waals surface area contributed by atoms with E-state index < -0.39 is 0 Å². The van der Waals surface area contributed by atoms with Gasteiger partial charge in [-0.2, -0.15) is 0 Å². The van der Waals surface area contributed by atoms with Crippen molar-refractivity contribution in [3.8, 4) is 0 Å². The van der Waals surface area contributed by atoms with E-state index in [-0.39, 0.29) is 36.8 Å². The van der Waals surface area contributed by atoms with Crippen molar-refractivity contribution >= 4 is 39.4 Å². The number of carbonyl (C=O) groups excluding carboxylic acids is 3. The molecule has 136 valence electrons. The van der Waals surface area contributed by atoms with Gasteiger partial charge in [0.15, 0.2) is 0 Å². The first-order chi connectivity index (χ1) is 12.0. The Balaban J connectivity index is 1.68. The molecule has 1 aromatic rings. The summed E-state index contributed by atoms with van der Waals surface area (Å²) in [6.07, 6.45) is 1.37. The minimum atomic E-state index is -0.287. The Morgan fingerprint density at radius 3 is 2.52 bits per heavy atom. The summed E-state index contributed by atoms with van der Waals surface area (Å²) in [7, 11) is 1.39. The van der Waals surface area contributed by atoms with Crippen LogP contribution in [0.3, 0.4) is 0 Å². The SMILES string of the molecule is COC(=O)C1CCN(CC(=O)NCC(=O)Nc2ccccc2Br)CC1. The maximum Gasteiger partial charge on any atom is 0.308 e. The van der Waals surface area contributed by atoms with E-state index in [0.717, 1.165) is 4.47 Å². The van der Waals surface area contributed by atoms with Crippen LogP contribution in [0.15, 0.2) is 28.7 Å². The molecule has 0 aromatic heterocycles. The summed E-state index contributed by atoms with van der Waals surface area (Å²) < 4.78 is 5.52. The zero-order valence-corrected chi connectivity index (χ0v) is 15.7. The molecule has 25 heavy (non-hydrogen) atoms. The van der Waals surface area contributed by atoms with Crippen LogP contribution in [0.1, 0.15) is 12.8 Å². The van der Waals surface area contributed by atoms with Crippen molar-refractivity contribution in [1.29, 1.82) is 0 Å². The lowest BCUT2D eigenvalue weighted by Gasteiger charge is -2.29. The highest BCUT2D eigenvalue weighted by Crippen LogP contribution is 2.21. The van der Waals surface area contributed by atoms with Crippen molar-refractivity contribution in [2.45, 2.75) is 12.8 Å². The molecule has 1 saturated heterocycles. The fraction of sp³-hybridized carbons (Fsp3) is 0.471. The van der Waals surface area contributed by atoms with Gasteiger partial charge in [-0.3, -0.25) is 19.3 Å². The smallest absolute Gasteiger partial charge is 0.308 e. The molecule has 2 amide bonds. The van der Waals surface area contributed by atoms with Gasteiger partial charge in [-0.05, 0) is 54.0 Å². The largest absolute Gasteiger partial charge is 0.469 e. The minimum absolute atomic E-state index is 0.0839. The Morgan fingerprint density at radius 1 is 1.20 bits per heavy atom. The predicted molar refractivity (Wildman–Crippen MR) is 97.0 cm³/mol. The molecule has 2 N–H and O–H groups in total. The number of anilines is 1. The van der Waals surface area contributed by atoms with Gasteiger partial charge in [0.05, 0.1) is 31.8 Å². The molecule has 1 aliphatic rings. The highest BCUT2D eigenvalue weighted by molar-refractivity contribution is 9.10. The first-order valence-corrected chi connectivity index (χ1v) is 8.90. The number of carbonyl (C=O) groups is 3. The van der Waals surface area contributed by atoms with E-state index in [1.165, 1.54) is 7.11 Å². The fourth-order valence-corrected chi connectivity index (χ4v) is 3.07. The van der Waals surface area contributed by atoms with Crippen LogP contribution in [0.4, 0.5) is 5.69 Å². The van der Waals surface area contributed by atoms with Crippen LogP contribution < -0.4 is 10.6 Å². The maximum absolute atomic E-state index is 12.0. The first-order valence-electron chi connectivity index (χ1n) is 8.11. The van der Waals surface area contributed by atoms with Crippen LogP contribution >= 0.6 is 15.9 Å². The van der Waals surface area contributed by atoms with Crippen molar-refractivity contribution in [2.75, 3.05) is 38.6 Å². The number of halogens is 1. The summed E-state index contributed by atoms with van der Waals surface area (Å²) in [5.74, 6) is -0.768. The standard InChI is InChI=1S/C17H22BrN3O4/c1-25-17(24)12-6-8-21(9-7-12)11-16(23)19-10-15(22)20-14-5-3-2-4-13(14)18/h2-5,12H,6-11H2,1H3,(H,19,23)(H,20,22). The topological polar surface area (TPSA) is 87.7 Å². The number of piperidine rings is 1. The van der Waals surface area contributed by atoms with Crippen LogP contribution in [0.2, 0.25) is 0 Å². The van der Waals surface area contributed by atoms with E-state index in [1.807, 2.05) is 23.1 Å². The van der Waals surface area contributed by atoms with E-state index in [1.54, 1.807) is 6.07 Å². The van der Waals surface area contributed by atoms with Gasteiger partial charge in [-0.25, -0.2) is 0 Å². The van der Waals surface area contributed by atoms with Crippen molar-refractivity contribution < 1.29 is 19.1 Å². The Kier molecular flexibility index (Phi) is 7.39. The van der Waals surface area contributed by atoms with Gasteiger partial charge >= 0.3 is 5.97 Å². The van der Waals surface area contributed by atoms with Gasteiger partial charge in [-0.1, -0.05) is 12.1 Å². The van der Waals surface area contributed by atoms with Crippen molar-refractivity contribution in [3.05, 3.63) is 28.7 Å². The zero-order valence-electron chi connectivity index (χ0n) is 14.1. The van der Waals surface area contributed by atoms with E-state index in [9.17, 15) is 14.4 Å². The number of ether oxygens (including phenoxy) is 1. The number of para-hydroxylation sites is 1. The Bertz CT molecular complexity index is 630. The van der Waals surface area contributed by atoms with Crippen molar-refractivity contribution in [3.63, 3.8) is 0 Å². The second kappa shape index (κ2) is 9.53. The van der Waals surface area contributed by atoms with E-state index in [0.29, 0.717) is 31.6 Å². The lowest BCUT2D eigenvalue weighted by molar-refractivity contribution is -0.147. The molecule has 8 heteroatoms. The molecule has 0 atom stereocenters. The molecule has 1 fully saturated rings. The van der Waals surface area contributed by atoms with Gasteiger partial charge in [0, 0.05) is 4.47 Å². The molecule has 2 rings (SSSR count). The molecule has 0 unspecified atom stereocenters. The third-order valence-corrected chi connectivity index (χ3v) is 4.77. The van der Waals surface area contributed by atoms with E-state index in [2.05, 4.69) is 26.6 Å². The summed E-state index contributed by atoms with van der Waals surface area (Å²) in [6.45, 7) is 1.46. The molecule has 0 saturated carbocycles. The van der Waals surface area contributed by atoms with Crippen LogP contribution in [0.5, 0.6) is 0 Å². The molecule has 1 heterocycles. The monoisotopic (exact) mass is 411 g/mol. The fourth-order valence-electron chi connectivity index (χ4n) is 2.69. The highest BCUT2D eigenvalue weighted by atomic mass is 79.9. The van der Waals surface area contributed by atoms with E-state index in [4.69, 9.17) is 4.74 Å². The number of nitrogens with one attached hydrogen (secondary N) is 2. The normalized spacial score (nSPS) is 15.4. The molecule has 0 radical (unpaired) electrons. The van der Waals surface area contributed by atoms with Gasteiger partial charge < -0.3 is 15.4 Å². The molecule has 1 aromatic carbocycles. The molecule has 7 nitrogen and oxygen atoms in total. The van der Waals surface area contributed by atoms with Crippen LogP contribution in [0, 0.1) is 5.92 Å². The van der Waals surface area contributed by atoms with Gasteiger partial charge in [0.25, 0.3) is 0 Å². The zero-order chi connectivity index (χ0) is 18.2. The molecule has 0 spiro atoms. The first kappa shape index (κ1) is 19.4. The summed E-state index contributed by atoms with van der Waals surface area (Å²) in [6, 6.07) is 7.27. The summed E-state index contributed by atoms with van der Waals surface area (Å²) in [4.78, 5) is 37.3. The number of likely N-dealkylation sites (tertiary alicyclic amines) is 1. The Morgan fingerprint density at radius 2 is 1.88 bits per heavy atom. The molecular formula is C17H22BrN3O4. The van der Waals surface area contributed by atoms with Crippen LogP contribution in [0.25, 0.3) is 0 Å². The second-order valence-corrected chi connectivity index (χ2v) is 6.73. The van der Waals surface area contributed by atoms with E-state index >= 15 is 0 Å². The number of benzene rings is 1. The van der Waals surface area contributed by atoms with Gasteiger partial charge in [0.2, 0.25) is 11.8 Å². The quantitative estimate of drug-likeness (QED) is 0.690. The van der Waals surface area contributed by atoms with Crippen LogP contribution in [-0.4, -0.2) is 56.0 Å². The number of rotatable bonds is 6. The molecule has 0 bridgehead atoms. The lowest BCUT2D eigenvalue weighted by Crippen LogP contribution is -2.44.